The van der Waals surface area contributed by atoms with Crippen LogP contribution in [0.4, 0.5) is 5.69 Å². The number of hydrogen-bond acceptors (Lipinski definition) is 7. The van der Waals surface area contributed by atoms with Crippen LogP contribution in [-0.4, -0.2) is 43.2 Å². The molecule has 0 spiro atoms. The molecule has 0 saturated carbocycles. The summed E-state index contributed by atoms with van der Waals surface area (Å²) in [4.78, 5) is 33.9. The maximum atomic E-state index is 11.9. The highest BCUT2D eigenvalue weighted by Crippen LogP contribution is 2.30. The lowest BCUT2D eigenvalue weighted by Gasteiger charge is -2.18. The zero-order valence-corrected chi connectivity index (χ0v) is 14.9. The lowest BCUT2D eigenvalue weighted by molar-refractivity contribution is -0.384. The van der Waals surface area contributed by atoms with E-state index in [0.29, 0.717) is 37.7 Å². The number of esters is 1. The summed E-state index contributed by atoms with van der Waals surface area (Å²) in [5, 5.41) is 13.4. The first-order valence-corrected chi connectivity index (χ1v) is 8.60. The maximum Gasteiger partial charge on any atom is 0.338 e. The number of nitrogens with zero attached hydrogens (tertiary/aromatic N) is 1. The Morgan fingerprint density at radius 3 is 2.68 bits per heavy atom. The third-order valence-corrected chi connectivity index (χ3v) is 3.97. The van der Waals surface area contributed by atoms with E-state index in [0.717, 1.165) is 11.6 Å². The number of non-ortho nitro benzene ring substituents is 1. The Hall–Kier alpha value is -3.62. The largest absolute Gasteiger partial charge is 0.486 e. The molecule has 3 rings (SSSR count). The zero-order chi connectivity index (χ0) is 19.9. The minimum Gasteiger partial charge on any atom is -0.486 e. The molecule has 146 valence electrons. The number of fused-ring (bicyclic) bond motifs is 1. The molecule has 2 aromatic rings. The van der Waals surface area contributed by atoms with Gasteiger partial charge in [-0.05, 0) is 30.2 Å². The SMILES string of the molecule is O=C(COC(=O)c1cccc([N+](=O)[O-])c1)NCCc1ccc2c(c1)OCCO2. The van der Waals surface area contributed by atoms with E-state index in [1.54, 1.807) is 0 Å². The summed E-state index contributed by atoms with van der Waals surface area (Å²) in [5.74, 6) is 0.120. The molecule has 9 nitrogen and oxygen atoms in total. The molecule has 1 amide bonds. The van der Waals surface area contributed by atoms with Crippen molar-refractivity contribution in [1.29, 1.82) is 0 Å². The second-order valence-corrected chi connectivity index (χ2v) is 5.96. The van der Waals surface area contributed by atoms with Crippen molar-refractivity contribution in [2.75, 3.05) is 26.4 Å². The van der Waals surface area contributed by atoms with Crippen molar-refractivity contribution < 1.29 is 28.7 Å². The van der Waals surface area contributed by atoms with Crippen LogP contribution >= 0.6 is 0 Å². The average Bonchev–Trinajstić information content (AvgIpc) is 2.72. The molecule has 0 atom stereocenters. The van der Waals surface area contributed by atoms with Gasteiger partial charge in [-0.15, -0.1) is 0 Å². The molecule has 9 heteroatoms. The van der Waals surface area contributed by atoms with Crippen LogP contribution in [0.1, 0.15) is 15.9 Å². The summed E-state index contributed by atoms with van der Waals surface area (Å²) in [7, 11) is 0. The van der Waals surface area contributed by atoms with E-state index in [1.165, 1.54) is 18.2 Å². The zero-order valence-electron chi connectivity index (χ0n) is 14.9. The molecular formula is C19H18N2O7. The number of nitro groups is 1. The molecule has 0 bridgehead atoms. The van der Waals surface area contributed by atoms with Crippen LogP contribution in [0.25, 0.3) is 0 Å². The Kier molecular flexibility index (Phi) is 6.05. The maximum absolute atomic E-state index is 11.9. The van der Waals surface area contributed by atoms with Gasteiger partial charge in [0.15, 0.2) is 18.1 Å². The van der Waals surface area contributed by atoms with Gasteiger partial charge in [0.05, 0.1) is 10.5 Å². The van der Waals surface area contributed by atoms with Gasteiger partial charge in [-0.3, -0.25) is 14.9 Å². The van der Waals surface area contributed by atoms with Gasteiger partial charge in [0.25, 0.3) is 11.6 Å². The Morgan fingerprint density at radius 1 is 1.11 bits per heavy atom. The number of amides is 1. The smallest absolute Gasteiger partial charge is 0.338 e. The molecule has 1 N–H and O–H groups in total. The minimum atomic E-state index is -0.800. The van der Waals surface area contributed by atoms with Gasteiger partial charge in [0.1, 0.15) is 13.2 Å². The number of hydrogen-bond donors (Lipinski definition) is 1. The van der Waals surface area contributed by atoms with Crippen molar-refractivity contribution >= 4 is 17.6 Å². The standard InChI is InChI=1S/C19H18N2O7/c22-18(12-28-19(23)14-2-1-3-15(11-14)21(24)25)20-7-6-13-4-5-16-17(10-13)27-9-8-26-16/h1-5,10-11H,6-9,12H2,(H,20,22). The third kappa shape index (κ3) is 4.97. The van der Waals surface area contributed by atoms with Crippen LogP contribution in [0.15, 0.2) is 42.5 Å². The van der Waals surface area contributed by atoms with E-state index in [4.69, 9.17) is 14.2 Å². The molecule has 0 saturated heterocycles. The van der Waals surface area contributed by atoms with Gasteiger partial charge in [-0.1, -0.05) is 12.1 Å². The van der Waals surface area contributed by atoms with E-state index < -0.39 is 23.4 Å². The summed E-state index contributed by atoms with van der Waals surface area (Å²) < 4.78 is 15.9. The fourth-order valence-corrected chi connectivity index (χ4v) is 2.60. The monoisotopic (exact) mass is 386 g/mol. The van der Waals surface area contributed by atoms with Gasteiger partial charge in [-0.25, -0.2) is 4.79 Å². The van der Waals surface area contributed by atoms with Gasteiger partial charge < -0.3 is 19.5 Å². The summed E-state index contributed by atoms with van der Waals surface area (Å²) in [5.41, 5.74) is 0.759. The third-order valence-electron chi connectivity index (χ3n) is 3.97. The van der Waals surface area contributed by atoms with Crippen molar-refractivity contribution in [3.8, 4) is 11.5 Å². The molecule has 0 unspecified atom stereocenters. The number of nitrogens with one attached hydrogen (secondary N) is 1. The minimum absolute atomic E-state index is 0.0123. The molecule has 1 aliphatic rings. The number of carbonyl (C=O) groups is 2. The Labute approximate surface area is 160 Å². The first kappa shape index (κ1) is 19.2. The molecule has 0 fully saturated rings. The van der Waals surface area contributed by atoms with Crippen molar-refractivity contribution in [2.45, 2.75) is 6.42 Å². The topological polar surface area (TPSA) is 117 Å². The highest BCUT2D eigenvalue weighted by molar-refractivity contribution is 5.91. The highest BCUT2D eigenvalue weighted by atomic mass is 16.6. The molecular weight excluding hydrogens is 368 g/mol. The fourth-order valence-electron chi connectivity index (χ4n) is 2.60. The first-order valence-electron chi connectivity index (χ1n) is 8.60. The van der Waals surface area contributed by atoms with Gasteiger partial charge in [0.2, 0.25) is 0 Å². The molecule has 1 heterocycles. The van der Waals surface area contributed by atoms with Crippen LogP contribution in [0.5, 0.6) is 11.5 Å². The van der Waals surface area contributed by atoms with Crippen LogP contribution in [0.3, 0.4) is 0 Å². The second-order valence-electron chi connectivity index (χ2n) is 5.96. The van der Waals surface area contributed by atoms with Crippen LogP contribution in [-0.2, 0) is 16.0 Å². The van der Waals surface area contributed by atoms with E-state index in [-0.39, 0.29) is 11.3 Å². The molecule has 28 heavy (non-hydrogen) atoms. The molecule has 1 aliphatic heterocycles. The van der Waals surface area contributed by atoms with Gasteiger partial charge in [-0.2, -0.15) is 0 Å². The summed E-state index contributed by atoms with van der Waals surface area (Å²) >= 11 is 0. The van der Waals surface area contributed by atoms with E-state index >= 15 is 0 Å². The normalized spacial score (nSPS) is 12.1. The molecule has 0 aliphatic carbocycles. The molecule has 0 radical (unpaired) electrons. The summed E-state index contributed by atoms with van der Waals surface area (Å²) in [6, 6.07) is 10.7. The van der Waals surface area contributed by atoms with Crippen LogP contribution < -0.4 is 14.8 Å². The number of nitro benzene ring substituents is 1. The highest BCUT2D eigenvalue weighted by Gasteiger charge is 2.14. The number of ether oxygens (including phenoxy) is 3. The summed E-state index contributed by atoms with van der Waals surface area (Å²) in [6.07, 6.45) is 0.571. The Balaban J connectivity index is 1.43. The lowest BCUT2D eigenvalue weighted by atomic mass is 10.1. The van der Waals surface area contributed by atoms with E-state index in [1.807, 2.05) is 18.2 Å². The fraction of sp³-hybridized carbons (Fsp3) is 0.263. The quantitative estimate of drug-likeness (QED) is 0.439. The van der Waals surface area contributed by atoms with Crippen molar-refractivity contribution in [3.63, 3.8) is 0 Å². The number of rotatable bonds is 7. The van der Waals surface area contributed by atoms with E-state index in [2.05, 4.69) is 5.32 Å². The Bertz CT molecular complexity index is 898. The van der Waals surface area contributed by atoms with Gasteiger partial charge >= 0.3 is 5.97 Å². The van der Waals surface area contributed by atoms with Crippen LogP contribution in [0.2, 0.25) is 0 Å². The average molecular weight is 386 g/mol. The lowest BCUT2D eigenvalue weighted by Crippen LogP contribution is -2.30. The van der Waals surface area contributed by atoms with Crippen molar-refractivity contribution in [3.05, 3.63) is 63.7 Å². The number of benzene rings is 2. The second kappa shape index (κ2) is 8.85. The molecule has 2 aromatic carbocycles. The predicted octanol–water partition coefficient (Wildman–Crippen LogP) is 1.88. The van der Waals surface area contributed by atoms with E-state index in [9.17, 15) is 19.7 Å². The predicted molar refractivity (Wildman–Crippen MR) is 97.5 cm³/mol. The Morgan fingerprint density at radius 2 is 1.89 bits per heavy atom. The number of carbonyl (C=O) groups excluding carboxylic acids is 2. The van der Waals surface area contributed by atoms with Crippen LogP contribution in [0, 0.1) is 10.1 Å². The molecule has 0 aromatic heterocycles. The van der Waals surface area contributed by atoms with Gasteiger partial charge in [0, 0.05) is 18.7 Å². The van der Waals surface area contributed by atoms with Crippen molar-refractivity contribution in [1.82, 2.24) is 5.32 Å². The van der Waals surface area contributed by atoms with Crippen molar-refractivity contribution in [2.24, 2.45) is 0 Å². The summed E-state index contributed by atoms with van der Waals surface area (Å²) in [6.45, 7) is 0.913. The first-order chi connectivity index (χ1) is 13.5.